The van der Waals surface area contributed by atoms with Crippen LogP contribution in [0.5, 0.6) is 11.5 Å². The second-order valence-electron chi connectivity index (χ2n) is 31.9. The van der Waals surface area contributed by atoms with Crippen LogP contribution in [0.4, 0.5) is 27.7 Å². The Hall–Kier alpha value is -17.6. The Labute approximate surface area is 773 Å². The van der Waals surface area contributed by atoms with Gasteiger partial charge in [-0.1, -0.05) is 84.9 Å². The van der Waals surface area contributed by atoms with Gasteiger partial charge in [0.2, 0.25) is 0 Å². The maximum atomic E-state index is 14.2. The highest BCUT2D eigenvalue weighted by atomic mass is 127. The average molecular weight is 1920 g/mol. The second kappa shape index (κ2) is 34.3. The van der Waals surface area contributed by atoms with E-state index in [9.17, 15) is 33.8 Å². The summed E-state index contributed by atoms with van der Waals surface area (Å²) in [7, 11) is 6.93. The summed E-state index contributed by atoms with van der Waals surface area (Å²) < 4.78 is 34.2. The molecule has 0 fully saturated rings. The minimum absolute atomic E-state index is 0.0299. The summed E-state index contributed by atoms with van der Waals surface area (Å²) in [6, 6.07) is 40.9. The molecule has 0 amide bonds. The van der Waals surface area contributed by atoms with Crippen LogP contribution in [0.25, 0.3) is 134 Å². The number of benzene rings is 6. The van der Waals surface area contributed by atoms with Gasteiger partial charge in [-0.15, -0.1) is 0 Å². The Morgan fingerprint density at radius 1 is 0.363 bits per heavy atom. The molecule has 0 aliphatic rings. The van der Waals surface area contributed by atoms with Gasteiger partial charge in [-0.3, -0.25) is 56.2 Å². The molecular weight excluding hydrogens is 1840 g/mol. The predicted octanol–water partition coefficient (Wildman–Crippen LogP) is 9.21. The number of imidazole rings is 1. The number of anilines is 4. The first kappa shape index (κ1) is 86.7. The third kappa shape index (κ3) is 15.4. The van der Waals surface area contributed by atoms with Crippen LogP contribution in [0.15, 0.2) is 197 Å². The highest BCUT2D eigenvalue weighted by Gasteiger charge is 2.29. The molecule has 16 aromatic heterocycles. The van der Waals surface area contributed by atoms with Crippen LogP contribution in [0.2, 0.25) is 0 Å². The lowest BCUT2D eigenvalue weighted by molar-refractivity contribution is 0.469. The molecule has 674 valence electrons. The maximum absolute atomic E-state index is 14.2. The number of rotatable bonds is 14. The first-order chi connectivity index (χ1) is 65.0. The molecule has 0 aliphatic heterocycles. The van der Waals surface area contributed by atoms with E-state index in [1.165, 1.54) is 42.1 Å². The smallest absolute Gasteiger partial charge is 0.284 e. The van der Waals surface area contributed by atoms with E-state index >= 15 is 0 Å². The Balaban J connectivity index is 0.000000116. The van der Waals surface area contributed by atoms with Crippen molar-refractivity contribution in [2.75, 3.05) is 22.9 Å². The third-order valence-corrected chi connectivity index (χ3v) is 23.8. The van der Waals surface area contributed by atoms with Gasteiger partial charge in [-0.2, -0.15) is 35.7 Å². The van der Waals surface area contributed by atoms with Gasteiger partial charge < -0.3 is 37.7 Å². The van der Waals surface area contributed by atoms with E-state index in [0.717, 1.165) is 45.4 Å². The van der Waals surface area contributed by atoms with Gasteiger partial charge in [0.1, 0.15) is 146 Å². The highest BCUT2D eigenvalue weighted by Crippen LogP contribution is 2.36. The summed E-state index contributed by atoms with van der Waals surface area (Å²) in [6.45, 7) is 13.9. The number of hydrogen-bond acceptors (Lipinski definition) is 30. The Morgan fingerprint density at radius 2 is 0.741 bits per heavy atom. The van der Waals surface area contributed by atoms with E-state index in [4.69, 9.17) is 48.0 Å². The fraction of sp³-hybridized carbons (Fsp3) is 0.165. The van der Waals surface area contributed by atoms with Crippen molar-refractivity contribution in [3.63, 3.8) is 0 Å². The molecule has 16 heterocycles. The first-order valence-electron chi connectivity index (χ1n) is 41.8. The molecule has 22 aromatic rings. The highest BCUT2D eigenvalue weighted by molar-refractivity contribution is 14.1. The van der Waals surface area contributed by atoms with Crippen molar-refractivity contribution in [1.82, 2.24) is 156 Å². The molecule has 22 rings (SSSR count). The second-order valence-corrected chi connectivity index (χ2v) is 32.9. The molecule has 42 nitrogen and oxygen atoms in total. The SMILES string of the molecule is Cc1ccccc1-n1c(Cn2cnc3c(N)ncnc32)nc2cnn(C)c2c1=O.Cc1ccccc1-n1c(Cn2nc(-c3cc(O)cc(F)c3)c3c(N)ncnc32)nc2c(C)nn(C)c2c1=O.Cc1ccccc1-n1c(Cn2nc(-c3cccc(O)c3)c3c(N)ncnc32)nc2c(C)nn(C)c2c1=O.Cc1ccccc1-n1c(Cn2nc(I)c3c(N)ncnc32)nc2c(C)nn(C)c2c1=O. The van der Waals surface area contributed by atoms with Gasteiger partial charge in [0, 0.05) is 45.4 Å². The van der Waals surface area contributed by atoms with Gasteiger partial charge in [-0.25, -0.2) is 83.2 Å². The summed E-state index contributed by atoms with van der Waals surface area (Å²) in [5.74, 6) is 2.21. The number of phenols is 2. The maximum Gasteiger partial charge on any atom is 0.284 e. The van der Waals surface area contributed by atoms with Crippen LogP contribution in [-0.2, 0) is 54.4 Å². The van der Waals surface area contributed by atoms with E-state index in [1.807, 2.05) is 145 Å². The number of aromatic nitrogens is 32. The fourth-order valence-electron chi connectivity index (χ4n) is 16.8. The molecule has 0 aliphatic carbocycles. The lowest BCUT2D eigenvalue weighted by Crippen LogP contribution is -2.27. The Morgan fingerprint density at radius 3 is 1.17 bits per heavy atom. The summed E-state index contributed by atoms with van der Waals surface area (Å²) in [4.78, 5) is 112. The van der Waals surface area contributed by atoms with E-state index in [0.29, 0.717) is 167 Å². The van der Waals surface area contributed by atoms with Crippen molar-refractivity contribution in [2.24, 2.45) is 28.2 Å². The van der Waals surface area contributed by atoms with E-state index in [-0.39, 0.29) is 77.2 Å². The van der Waals surface area contributed by atoms with Gasteiger partial charge in [0.05, 0.1) is 75.1 Å². The molecule has 0 saturated carbocycles. The summed E-state index contributed by atoms with van der Waals surface area (Å²) in [5.41, 5.74) is 40.2. The van der Waals surface area contributed by atoms with Crippen molar-refractivity contribution in [2.45, 2.75) is 74.6 Å². The zero-order chi connectivity index (χ0) is 94.5. The number of nitrogen functional groups attached to an aromatic ring is 4. The fourth-order valence-corrected chi connectivity index (χ4v) is 17.6. The van der Waals surface area contributed by atoms with Gasteiger partial charge in [0.15, 0.2) is 50.5 Å². The lowest BCUT2D eigenvalue weighted by Gasteiger charge is -2.15. The third-order valence-electron chi connectivity index (χ3n) is 23.1. The van der Waals surface area contributed by atoms with Gasteiger partial charge >= 0.3 is 0 Å². The van der Waals surface area contributed by atoms with Crippen LogP contribution in [0.1, 0.15) is 62.6 Å². The van der Waals surface area contributed by atoms with Crippen molar-refractivity contribution in [3.8, 4) is 56.8 Å². The molecule has 0 spiro atoms. The largest absolute Gasteiger partial charge is 0.508 e. The molecular formula is C91H80FIN36O6. The first-order valence-corrected chi connectivity index (χ1v) is 42.8. The number of nitrogens with two attached hydrogens (primary N) is 4. The number of fused-ring (bicyclic) bond motifs is 8. The molecule has 135 heavy (non-hydrogen) atoms. The Kier molecular flexibility index (Phi) is 22.1. The van der Waals surface area contributed by atoms with Gasteiger partial charge in [-0.05, 0) is 142 Å². The van der Waals surface area contributed by atoms with Crippen LogP contribution >= 0.6 is 22.6 Å². The molecule has 0 bridgehead atoms. The van der Waals surface area contributed by atoms with Crippen molar-refractivity contribution < 1.29 is 14.6 Å². The van der Waals surface area contributed by atoms with Crippen molar-refractivity contribution in [3.05, 3.63) is 291 Å². The summed E-state index contributed by atoms with van der Waals surface area (Å²) in [5, 5.41) is 53.2. The van der Waals surface area contributed by atoms with Crippen molar-refractivity contribution >= 4 is 134 Å². The van der Waals surface area contributed by atoms with Crippen LogP contribution < -0.4 is 45.2 Å². The normalized spacial score (nSPS) is 11.6. The molecule has 10 N–H and O–H groups in total. The topological polar surface area (TPSA) is 530 Å². The standard InChI is InChI=1S/C26H22FN9O2.C26H23N9O2.C20H18IN9O.C19H17N9O/c1-13-6-4-5-7-18(13)36-19(31-21-14(2)32-34(3)23(21)26(36)38)11-35-25-20(24(28)29-12-30-25)22(33-35)15-8-16(27)10-17(37)9-15;1-14-7-4-5-10-18(14)35-19(30-21-15(2)31-33(3)23(21)26(35)37)12-34-25-20(24(27)28-13-29-25)22(32-34)16-8-6-9-17(36)11-16;1-10-6-4-5-7-12(10)30-13(25-15-11(2)26-28(3)16(15)20(30)31)8-29-19-14(17(21)27-29)18(22)23-9-24-19;1-11-5-3-4-6-13(11)28-14(25-12-7-24-26(2)16(12)19(28)29)8-27-10-23-15-17(20)21-9-22-18(15)27/h4-10,12,37H,11H2,1-3H3,(H2,28,29,30);4-11,13,36H,12H2,1-3H3,(H2,27,28,29);4-7,9H,8H2,1-3H3,(H2,22,23,24);3-7,9-10H,8H2,1-2H3,(H2,20,21,22). The molecule has 0 radical (unpaired) electrons. The van der Waals surface area contributed by atoms with Crippen LogP contribution in [0.3, 0.4) is 0 Å². The molecule has 44 heteroatoms. The predicted molar refractivity (Wildman–Crippen MR) is 512 cm³/mol. The number of phenolic OH excluding ortho intramolecular Hbond substituents is 2. The summed E-state index contributed by atoms with van der Waals surface area (Å²) >= 11 is 2.11. The summed E-state index contributed by atoms with van der Waals surface area (Å²) in [6.07, 6.45) is 8.69. The minimum Gasteiger partial charge on any atom is -0.508 e. The number of halogens is 2. The quantitative estimate of drug-likeness (QED) is 0.0552. The number of aryl methyl sites for hydroxylation is 11. The zero-order valence-electron chi connectivity index (χ0n) is 74.0. The molecule has 0 atom stereocenters. The number of nitrogens with zero attached hydrogens (tertiary/aromatic N) is 32. The molecule has 6 aromatic carbocycles. The van der Waals surface area contributed by atoms with E-state index in [1.54, 1.807) is 117 Å². The van der Waals surface area contributed by atoms with Crippen molar-refractivity contribution in [1.29, 1.82) is 0 Å². The Bertz CT molecular complexity index is 8850. The minimum atomic E-state index is -0.634. The average Bonchev–Trinajstić information content (AvgIpc) is 1.64. The number of hydrogen-bond donors (Lipinski definition) is 6. The lowest BCUT2D eigenvalue weighted by atomic mass is 10.1. The molecule has 0 saturated heterocycles. The van der Waals surface area contributed by atoms with Gasteiger partial charge in [0.25, 0.3) is 22.2 Å². The van der Waals surface area contributed by atoms with E-state index < -0.39 is 5.82 Å². The molecule has 0 unspecified atom stereocenters. The monoisotopic (exact) mass is 1920 g/mol. The zero-order valence-corrected chi connectivity index (χ0v) is 76.1. The number of para-hydroxylation sites is 4. The van der Waals surface area contributed by atoms with Crippen LogP contribution in [0, 0.1) is 58.0 Å². The number of aromatic hydroxyl groups is 2. The van der Waals surface area contributed by atoms with E-state index in [2.05, 4.69) is 98.0 Å². The van der Waals surface area contributed by atoms with Crippen LogP contribution in [-0.4, -0.2) is 166 Å².